The second-order valence-electron chi connectivity index (χ2n) is 9.59. The Labute approximate surface area is 201 Å². The summed E-state index contributed by atoms with van der Waals surface area (Å²) >= 11 is 1.82. The molecule has 33 heavy (non-hydrogen) atoms. The maximum atomic E-state index is 12.9. The highest BCUT2D eigenvalue weighted by atomic mass is 32.2. The Morgan fingerprint density at radius 2 is 1.76 bits per heavy atom. The van der Waals surface area contributed by atoms with Crippen molar-refractivity contribution in [2.45, 2.75) is 101 Å². The summed E-state index contributed by atoms with van der Waals surface area (Å²) in [6.45, 7) is 1.62. The van der Waals surface area contributed by atoms with Gasteiger partial charge in [-0.3, -0.25) is 19.7 Å². The number of hydrogen-bond acceptors (Lipinski definition) is 5. The van der Waals surface area contributed by atoms with Gasteiger partial charge >= 0.3 is 0 Å². The van der Waals surface area contributed by atoms with Crippen LogP contribution in [0.3, 0.4) is 0 Å². The van der Waals surface area contributed by atoms with Gasteiger partial charge in [-0.25, -0.2) is 0 Å². The van der Waals surface area contributed by atoms with Crippen LogP contribution in [-0.4, -0.2) is 47.0 Å². The van der Waals surface area contributed by atoms with Crippen LogP contribution in [0.25, 0.3) is 0 Å². The third kappa shape index (κ3) is 6.38. The fourth-order valence-electron chi connectivity index (χ4n) is 5.24. The molecule has 6 nitrogen and oxygen atoms in total. The number of imide groups is 1. The second-order valence-corrected chi connectivity index (χ2v) is 10.7. The van der Waals surface area contributed by atoms with Gasteiger partial charge in [-0.15, -0.1) is 11.8 Å². The van der Waals surface area contributed by atoms with Crippen molar-refractivity contribution < 1.29 is 14.4 Å². The highest BCUT2D eigenvalue weighted by molar-refractivity contribution is 7.99. The molecule has 7 heteroatoms. The number of benzene rings is 1. The number of carbonyl (C=O) groups excluding carboxylic acids is 3. The number of hydrogen-bond donors (Lipinski definition) is 2. The molecule has 1 unspecified atom stereocenters. The maximum Gasteiger partial charge on any atom is 0.255 e. The summed E-state index contributed by atoms with van der Waals surface area (Å²) in [6.07, 6.45) is 13.9. The number of fused-ring (bicyclic) bond motifs is 1. The molecule has 1 aliphatic carbocycles. The first-order valence-corrected chi connectivity index (χ1v) is 13.7. The summed E-state index contributed by atoms with van der Waals surface area (Å²) in [5.74, 6) is 0.347. The van der Waals surface area contributed by atoms with Crippen LogP contribution in [-0.2, 0) is 16.1 Å². The minimum Gasteiger partial charge on any atom is -0.322 e. The first-order valence-electron chi connectivity index (χ1n) is 12.8. The van der Waals surface area contributed by atoms with Crippen LogP contribution in [0.5, 0.6) is 0 Å². The number of unbranched alkanes of at least 4 members (excludes halogenated alkanes) is 4. The van der Waals surface area contributed by atoms with E-state index >= 15 is 0 Å². The lowest BCUT2D eigenvalue weighted by molar-refractivity contribution is -0.136. The van der Waals surface area contributed by atoms with Crippen LogP contribution in [0.2, 0.25) is 0 Å². The zero-order valence-electron chi connectivity index (χ0n) is 19.6. The van der Waals surface area contributed by atoms with Gasteiger partial charge in [0.25, 0.3) is 5.91 Å². The van der Waals surface area contributed by atoms with Crippen molar-refractivity contribution in [3.63, 3.8) is 0 Å². The van der Waals surface area contributed by atoms with E-state index in [-0.39, 0.29) is 24.1 Å². The number of thioether (sulfide) groups is 1. The van der Waals surface area contributed by atoms with E-state index in [0.717, 1.165) is 28.8 Å². The second kappa shape index (κ2) is 12.0. The average Bonchev–Trinajstić information content (AvgIpc) is 3.15. The molecule has 1 saturated heterocycles. The van der Waals surface area contributed by atoms with Gasteiger partial charge in [0, 0.05) is 29.5 Å². The van der Waals surface area contributed by atoms with E-state index in [0.29, 0.717) is 18.5 Å². The smallest absolute Gasteiger partial charge is 0.255 e. The van der Waals surface area contributed by atoms with Crippen LogP contribution in [0.15, 0.2) is 23.1 Å². The van der Waals surface area contributed by atoms with E-state index in [1.54, 1.807) is 4.90 Å². The fourth-order valence-corrected chi connectivity index (χ4v) is 6.34. The third-order valence-corrected chi connectivity index (χ3v) is 8.34. The third-order valence-electron chi connectivity index (χ3n) is 7.16. The van der Waals surface area contributed by atoms with Crippen LogP contribution in [0.4, 0.5) is 0 Å². The van der Waals surface area contributed by atoms with Crippen molar-refractivity contribution in [1.82, 2.24) is 15.5 Å². The number of nitrogens with zero attached hydrogens (tertiary/aromatic N) is 1. The Bertz CT molecular complexity index is 853. The molecule has 0 spiro atoms. The number of nitrogens with one attached hydrogen (secondary N) is 2. The Kier molecular flexibility index (Phi) is 8.84. The molecule has 4 rings (SSSR count). The summed E-state index contributed by atoms with van der Waals surface area (Å²) in [6, 6.07) is 6.09. The van der Waals surface area contributed by atoms with Crippen molar-refractivity contribution >= 4 is 29.5 Å². The molecular formula is C26H37N3O3S. The normalized spacial score (nSPS) is 21.4. The minimum absolute atomic E-state index is 0.0937. The molecular weight excluding hydrogens is 434 g/mol. The van der Waals surface area contributed by atoms with Gasteiger partial charge in [0.15, 0.2) is 0 Å². The highest BCUT2D eigenvalue weighted by Gasteiger charge is 2.39. The SMILES string of the molecule is O=C1CCC(N2Cc3c(SCCCCCCCNC4CCCCC4)cccc3C2=O)C(=O)N1. The monoisotopic (exact) mass is 471 g/mol. The van der Waals surface area contributed by atoms with Gasteiger partial charge in [0.1, 0.15) is 6.04 Å². The van der Waals surface area contributed by atoms with E-state index < -0.39 is 6.04 Å². The lowest BCUT2D eigenvalue weighted by Gasteiger charge is -2.29. The zero-order valence-corrected chi connectivity index (χ0v) is 20.4. The summed E-state index contributed by atoms with van der Waals surface area (Å²) in [7, 11) is 0. The molecule has 0 aromatic heterocycles. The molecule has 1 aromatic carbocycles. The topological polar surface area (TPSA) is 78.5 Å². The quantitative estimate of drug-likeness (QED) is 0.284. The Hall–Kier alpha value is -1.86. The first kappa shape index (κ1) is 24.3. The van der Waals surface area contributed by atoms with E-state index in [9.17, 15) is 14.4 Å². The Morgan fingerprint density at radius 3 is 2.58 bits per heavy atom. The zero-order chi connectivity index (χ0) is 23.0. The van der Waals surface area contributed by atoms with Gasteiger partial charge in [-0.2, -0.15) is 0 Å². The standard InChI is InChI=1S/C26H37N3O3S/c30-24-15-14-22(25(31)28-24)29-18-21-20(26(29)32)12-9-13-23(21)33-17-8-3-1-2-7-16-27-19-10-5-4-6-11-19/h9,12-13,19,22,27H,1-8,10-11,14-18H2,(H,28,30,31). The molecule has 3 amide bonds. The van der Waals surface area contributed by atoms with E-state index in [1.165, 1.54) is 64.2 Å². The van der Waals surface area contributed by atoms with Crippen molar-refractivity contribution in [3.05, 3.63) is 29.3 Å². The molecule has 1 saturated carbocycles. The molecule has 1 aromatic rings. The predicted molar refractivity (Wildman–Crippen MR) is 131 cm³/mol. The minimum atomic E-state index is -0.548. The molecule has 0 radical (unpaired) electrons. The average molecular weight is 472 g/mol. The molecule has 3 aliphatic rings. The van der Waals surface area contributed by atoms with Crippen LogP contribution >= 0.6 is 11.8 Å². The van der Waals surface area contributed by atoms with Gasteiger partial charge in [-0.05, 0) is 62.1 Å². The molecule has 2 heterocycles. The van der Waals surface area contributed by atoms with Gasteiger partial charge in [0.05, 0.1) is 0 Å². The van der Waals surface area contributed by atoms with Gasteiger partial charge in [-0.1, -0.05) is 44.6 Å². The molecule has 2 N–H and O–H groups in total. The highest BCUT2D eigenvalue weighted by Crippen LogP contribution is 2.34. The van der Waals surface area contributed by atoms with Gasteiger partial charge < -0.3 is 10.2 Å². The number of amides is 3. The number of carbonyl (C=O) groups is 3. The van der Waals surface area contributed by atoms with E-state index in [1.807, 2.05) is 23.9 Å². The Balaban J connectivity index is 1.16. The lowest BCUT2D eigenvalue weighted by atomic mass is 9.95. The summed E-state index contributed by atoms with van der Waals surface area (Å²) in [4.78, 5) is 39.4. The molecule has 0 bridgehead atoms. The number of piperidine rings is 1. The summed E-state index contributed by atoms with van der Waals surface area (Å²) in [5, 5.41) is 6.10. The molecule has 1 atom stereocenters. The molecule has 2 fully saturated rings. The predicted octanol–water partition coefficient (Wildman–Crippen LogP) is 4.41. The van der Waals surface area contributed by atoms with E-state index in [2.05, 4.69) is 16.7 Å². The summed E-state index contributed by atoms with van der Waals surface area (Å²) < 4.78 is 0. The fraction of sp³-hybridized carbons (Fsp3) is 0.654. The van der Waals surface area contributed by atoms with E-state index in [4.69, 9.17) is 0 Å². The van der Waals surface area contributed by atoms with Gasteiger partial charge in [0.2, 0.25) is 11.8 Å². The molecule has 2 aliphatic heterocycles. The van der Waals surface area contributed by atoms with Crippen molar-refractivity contribution in [2.24, 2.45) is 0 Å². The molecule has 180 valence electrons. The van der Waals surface area contributed by atoms with Crippen molar-refractivity contribution in [3.8, 4) is 0 Å². The Morgan fingerprint density at radius 1 is 0.970 bits per heavy atom. The summed E-state index contributed by atoms with van der Waals surface area (Å²) in [5.41, 5.74) is 1.74. The van der Waals surface area contributed by atoms with Crippen LogP contribution in [0.1, 0.15) is 93.0 Å². The number of rotatable bonds is 11. The van der Waals surface area contributed by atoms with Crippen molar-refractivity contribution in [1.29, 1.82) is 0 Å². The lowest BCUT2D eigenvalue weighted by Crippen LogP contribution is -2.52. The van der Waals surface area contributed by atoms with Crippen molar-refractivity contribution in [2.75, 3.05) is 12.3 Å². The van der Waals surface area contributed by atoms with Crippen LogP contribution in [0, 0.1) is 0 Å². The van der Waals surface area contributed by atoms with Crippen LogP contribution < -0.4 is 10.6 Å². The largest absolute Gasteiger partial charge is 0.322 e. The maximum absolute atomic E-state index is 12.9. The first-order chi connectivity index (χ1) is 16.1.